The normalized spacial score (nSPS) is 18.9. The Morgan fingerprint density at radius 3 is 2.89 bits per heavy atom. The smallest absolute Gasteiger partial charge is 0.308 e. The number of fused-ring (bicyclic) bond motifs is 1. The molecule has 1 saturated heterocycles. The zero-order valence-corrected chi connectivity index (χ0v) is 20.7. The number of benzene rings is 2. The van der Waals surface area contributed by atoms with Crippen LogP contribution in [0.15, 0.2) is 48.7 Å². The third-order valence-corrected chi connectivity index (χ3v) is 6.93. The number of carboxylic acids is 1. The van der Waals surface area contributed by atoms with Gasteiger partial charge in [-0.05, 0) is 79.8 Å². The van der Waals surface area contributed by atoms with E-state index in [4.69, 9.17) is 16.3 Å². The van der Waals surface area contributed by atoms with Crippen molar-refractivity contribution >= 4 is 28.5 Å². The SMILES string of the molecule is COc1ccc2nccc([C@H](O)CC[C@@H]3CCN(CC#Cc4cc(F)cc(Cl)c4)C[C@@H]3C(=O)O)c2c1. The highest BCUT2D eigenvalue weighted by Crippen LogP contribution is 2.33. The predicted molar refractivity (Wildman–Crippen MR) is 136 cm³/mol. The predicted octanol–water partition coefficient (Wildman–Crippen LogP) is 4.92. The molecule has 6 nitrogen and oxygen atoms in total. The van der Waals surface area contributed by atoms with Crippen LogP contribution in [0.5, 0.6) is 5.75 Å². The number of carbonyl (C=O) groups is 1. The van der Waals surface area contributed by atoms with Crippen LogP contribution in [-0.2, 0) is 4.79 Å². The molecule has 1 fully saturated rings. The van der Waals surface area contributed by atoms with Crippen molar-refractivity contribution in [1.29, 1.82) is 0 Å². The number of hydrogen-bond acceptors (Lipinski definition) is 5. The van der Waals surface area contributed by atoms with E-state index in [0.717, 1.165) is 16.5 Å². The van der Waals surface area contributed by atoms with Gasteiger partial charge in [0, 0.05) is 28.7 Å². The van der Waals surface area contributed by atoms with E-state index in [0.29, 0.717) is 50.2 Å². The van der Waals surface area contributed by atoms with E-state index in [1.54, 1.807) is 25.4 Å². The molecule has 3 atom stereocenters. The molecule has 0 unspecified atom stereocenters. The lowest BCUT2D eigenvalue weighted by atomic mass is 9.81. The molecule has 188 valence electrons. The number of aliphatic hydroxyl groups excluding tert-OH is 1. The van der Waals surface area contributed by atoms with Gasteiger partial charge in [0.25, 0.3) is 0 Å². The maximum atomic E-state index is 13.5. The summed E-state index contributed by atoms with van der Waals surface area (Å²) in [5, 5.41) is 22.0. The fourth-order valence-electron chi connectivity index (χ4n) is 4.81. The minimum Gasteiger partial charge on any atom is -0.497 e. The van der Waals surface area contributed by atoms with Crippen LogP contribution in [0.1, 0.15) is 36.5 Å². The van der Waals surface area contributed by atoms with E-state index in [1.165, 1.54) is 12.1 Å². The Bertz CT molecular complexity index is 1290. The van der Waals surface area contributed by atoms with Crippen LogP contribution in [0.25, 0.3) is 10.9 Å². The van der Waals surface area contributed by atoms with Gasteiger partial charge in [-0.1, -0.05) is 23.4 Å². The zero-order chi connectivity index (χ0) is 25.7. The molecule has 36 heavy (non-hydrogen) atoms. The molecule has 2 aromatic carbocycles. The average Bonchev–Trinajstić information content (AvgIpc) is 2.86. The topological polar surface area (TPSA) is 82.9 Å². The molecular formula is C28H28ClFN2O4. The summed E-state index contributed by atoms with van der Waals surface area (Å²) < 4.78 is 18.8. The first-order valence-electron chi connectivity index (χ1n) is 11.8. The first kappa shape index (κ1) is 25.9. The number of piperidine rings is 1. The largest absolute Gasteiger partial charge is 0.497 e. The van der Waals surface area contributed by atoms with Crippen molar-refractivity contribution in [1.82, 2.24) is 9.88 Å². The molecule has 2 heterocycles. The second-order valence-electron chi connectivity index (χ2n) is 9.06. The van der Waals surface area contributed by atoms with Gasteiger partial charge in [-0.15, -0.1) is 0 Å². The van der Waals surface area contributed by atoms with Gasteiger partial charge < -0.3 is 14.9 Å². The number of likely N-dealkylation sites (tertiary alicyclic amines) is 1. The zero-order valence-electron chi connectivity index (χ0n) is 20.0. The molecule has 2 N–H and O–H groups in total. The van der Waals surface area contributed by atoms with Crippen molar-refractivity contribution in [3.63, 3.8) is 0 Å². The van der Waals surface area contributed by atoms with Crippen molar-refractivity contribution in [3.8, 4) is 17.6 Å². The Labute approximate surface area is 214 Å². The molecule has 4 rings (SSSR count). The third-order valence-electron chi connectivity index (χ3n) is 6.71. The number of hydrogen-bond donors (Lipinski definition) is 2. The number of ether oxygens (including phenoxy) is 1. The van der Waals surface area contributed by atoms with Gasteiger partial charge in [0.05, 0.1) is 31.2 Å². The van der Waals surface area contributed by atoms with Crippen molar-refractivity contribution in [3.05, 3.63) is 70.6 Å². The fourth-order valence-corrected chi connectivity index (χ4v) is 5.03. The van der Waals surface area contributed by atoms with Crippen LogP contribution in [-0.4, -0.2) is 52.8 Å². The highest BCUT2D eigenvalue weighted by atomic mass is 35.5. The second kappa shape index (κ2) is 11.7. The number of aliphatic hydroxyl groups is 1. The molecule has 1 aromatic heterocycles. The number of carboxylic acid groups (broad SMARTS) is 1. The van der Waals surface area contributed by atoms with E-state index in [2.05, 4.69) is 16.8 Å². The van der Waals surface area contributed by atoms with Crippen LogP contribution < -0.4 is 4.74 Å². The number of aliphatic carboxylic acids is 1. The number of aromatic nitrogens is 1. The number of methoxy groups -OCH3 is 1. The van der Waals surface area contributed by atoms with Crippen molar-refractivity contribution in [2.24, 2.45) is 11.8 Å². The molecule has 0 aliphatic carbocycles. The second-order valence-corrected chi connectivity index (χ2v) is 9.50. The Kier molecular flexibility index (Phi) is 8.42. The van der Waals surface area contributed by atoms with E-state index < -0.39 is 23.8 Å². The first-order valence-corrected chi connectivity index (χ1v) is 12.2. The van der Waals surface area contributed by atoms with E-state index in [1.807, 2.05) is 23.1 Å². The van der Waals surface area contributed by atoms with Gasteiger partial charge in [-0.25, -0.2) is 4.39 Å². The summed E-state index contributed by atoms with van der Waals surface area (Å²) in [6.07, 6.45) is 2.67. The molecule has 1 aliphatic rings. The Balaban J connectivity index is 1.38. The number of rotatable bonds is 7. The van der Waals surface area contributed by atoms with Crippen molar-refractivity contribution in [2.75, 3.05) is 26.7 Å². The first-order chi connectivity index (χ1) is 17.3. The molecule has 3 aromatic rings. The summed E-state index contributed by atoms with van der Waals surface area (Å²) in [4.78, 5) is 18.4. The number of nitrogens with zero attached hydrogens (tertiary/aromatic N) is 2. The molecule has 0 bridgehead atoms. The fraction of sp³-hybridized carbons (Fsp3) is 0.357. The van der Waals surface area contributed by atoms with Gasteiger partial charge >= 0.3 is 5.97 Å². The average molecular weight is 511 g/mol. The lowest BCUT2D eigenvalue weighted by Crippen LogP contribution is -2.44. The van der Waals surface area contributed by atoms with Gasteiger partial charge in [0.15, 0.2) is 0 Å². The summed E-state index contributed by atoms with van der Waals surface area (Å²) >= 11 is 5.87. The van der Waals surface area contributed by atoms with Crippen LogP contribution in [0.3, 0.4) is 0 Å². The van der Waals surface area contributed by atoms with Gasteiger partial charge in [-0.2, -0.15) is 0 Å². The lowest BCUT2D eigenvalue weighted by Gasteiger charge is -2.36. The molecule has 1 aliphatic heterocycles. The van der Waals surface area contributed by atoms with Crippen LogP contribution in [0.4, 0.5) is 4.39 Å². The standard InChI is InChI=1S/C28H28ClFN2O4/c1-36-22-5-6-26-24(16-22)23(8-10-31-26)27(33)7-4-19-9-12-32(17-25(19)28(34)35)11-2-3-18-13-20(29)15-21(30)14-18/h5-6,8,10,13-16,19,25,27,33H,4,7,9,11-12,17H2,1H3,(H,34,35)/t19-,25+,27-/m1/s1. The maximum Gasteiger partial charge on any atom is 0.308 e. The molecule has 0 saturated carbocycles. The van der Waals surface area contributed by atoms with Crippen LogP contribution in [0, 0.1) is 29.5 Å². The molecule has 0 amide bonds. The molecular weight excluding hydrogens is 483 g/mol. The van der Waals surface area contributed by atoms with Crippen molar-refractivity contribution in [2.45, 2.75) is 25.4 Å². The monoisotopic (exact) mass is 510 g/mol. The number of pyridine rings is 1. The van der Waals surface area contributed by atoms with Crippen LogP contribution in [0.2, 0.25) is 5.02 Å². The highest BCUT2D eigenvalue weighted by molar-refractivity contribution is 6.30. The highest BCUT2D eigenvalue weighted by Gasteiger charge is 2.34. The summed E-state index contributed by atoms with van der Waals surface area (Å²) in [5.74, 6) is 4.70. The van der Waals surface area contributed by atoms with E-state index in [9.17, 15) is 19.4 Å². The third kappa shape index (κ3) is 6.33. The Morgan fingerprint density at radius 2 is 2.14 bits per heavy atom. The maximum absolute atomic E-state index is 13.5. The summed E-state index contributed by atoms with van der Waals surface area (Å²) in [5.41, 5.74) is 2.02. The minimum atomic E-state index is -0.844. The van der Waals surface area contributed by atoms with E-state index in [-0.39, 0.29) is 10.9 Å². The summed E-state index contributed by atoms with van der Waals surface area (Å²) in [6.45, 7) is 1.47. The molecule has 8 heteroatoms. The quantitative estimate of drug-likeness (QED) is 0.439. The van der Waals surface area contributed by atoms with Gasteiger partial charge in [0.2, 0.25) is 0 Å². The van der Waals surface area contributed by atoms with Crippen molar-refractivity contribution < 1.29 is 24.1 Å². The lowest BCUT2D eigenvalue weighted by molar-refractivity contribution is -0.146. The van der Waals surface area contributed by atoms with Crippen LogP contribution >= 0.6 is 11.6 Å². The Morgan fingerprint density at radius 1 is 1.31 bits per heavy atom. The summed E-state index contributed by atoms with van der Waals surface area (Å²) in [6, 6.07) is 11.5. The van der Waals surface area contributed by atoms with Gasteiger partial charge in [0.1, 0.15) is 11.6 Å². The minimum absolute atomic E-state index is 0.0500. The summed E-state index contributed by atoms with van der Waals surface area (Å²) in [7, 11) is 1.59. The van der Waals surface area contributed by atoms with E-state index >= 15 is 0 Å². The number of halogens is 2. The molecule has 0 spiro atoms. The Hall–Kier alpha value is -3.18. The van der Waals surface area contributed by atoms with Gasteiger partial charge in [-0.3, -0.25) is 14.7 Å². The molecule has 0 radical (unpaired) electrons.